The molecule has 2 N–H and O–H groups in total. The summed E-state index contributed by atoms with van der Waals surface area (Å²) in [5, 5.41) is 19.0. The first-order valence-electron chi connectivity index (χ1n) is 7.30. The highest BCUT2D eigenvalue weighted by Gasteiger charge is 2.40. The Morgan fingerprint density at radius 3 is 2.00 bits per heavy atom. The lowest BCUT2D eigenvalue weighted by Crippen LogP contribution is -2.50. The van der Waals surface area contributed by atoms with Crippen LogP contribution in [0.3, 0.4) is 0 Å². The Morgan fingerprint density at radius 2 is 1.61 bits per heavy atom. The van der Waals surface area contributed by atoms with Crippen LogP contribution in [0.5, 0.6) is 11.5 Å². The minimum atomic E-state index is -1.75. The molecule has 7 nitrogen and oxygen atoms in total. The summed E-state index contributed by atoms with van der Waals surface area (Å²) in [5.41, 5.74) is -0.546. The number of aliphatic carboxylic acids is 1. The third kappa shape index (κ3) is 3.24. The smallest absolute Gasteiger partial charge is 0.335 e. The van der Waals surface area contributed by atoms with Crippen LogP contribution in [0.15, 0.2) is 12.1 Å². The largest absolute Gasteiger partial charge is 0.496 e. The lowest BCUT2D eigenvalue weighted by Gasteiger charge is -2.35. The number of likely N-dealkylation sites (tertiary alicyclic amines) is 1. The Balaban J connectivity index is 2.20. The Morgan fingerprint density at radius 1 is 1.13 bits per heavy atom. The van der Waals surface area contributed by atoms with Crippen LogP contribution in [0, 0.1) is 6.92 Å². The minimum absolute atomic E-state index is 0.00814. The molecule has 126 valence electrons. The quantitative estimate of drug-likeness (QED) is 0.860. The molecule has 0 radical (unpaired) electrons. The Labute approximate surface area is 134 Å². The monoisotopic (exact) mass is 323 g/mol. The SMILES string of the molecule is COc1cc(C(=O)N2CCC(O)(C(=O)O)CC2)cc(OC)c1C. The van der Waals surface area contributed by atoms with Gasteiger partial charge in [-0.2, -0.15) is 0 Å². The number of aliphatic hydroxyl groups is 1. The second-order valence-electron chi connectivity index (χ2n) is 5.63. The fourth-order valence-corrected chi connectivity index (χ4v) is 2.69. The number of hydrogen-bond acceptors (Lipinski definition) is 5. The Hall–Kier alpha value is -2.28. The van der Waals surface area contributed by atoms with E-state index in [1.165, 1.54) is 19.1 Å². The molecule has 1 heterocycles. The standard InChI is InChI=1S/C16H21NO6/c1-10-12(22-2)8-11(9-13(10)23-3)14(18)17-6-4-16(21,5-7-17)15(19)20/h8-9,21H,4-7H2,1-3H3,(H,19,20). The average Bonchev–Trinajstić information content (AvgIpc) is 2.55. The second-order valence-corrected chi connectivity index (χ2v) is 5.63. The van der Waals surface area contributed by atoms with Gasteiger partial charge in [-0.25, -0.2) is 4.79 Å². The van der Waals surface area contributed by atoms with Gasteiger partial charge in [0, 0.05) is 37.1 Å². The van der Waals surface area contributed by atoms with Gasteiger partial charge in [0.2, 0.25) is 0 Å². The Bertz CT molecular complexity index is 594. The van der Waals surface area contributed by atoms with Gasteiger partial charge in [-0.3, -0.25) is 4.79 Å². The zero-order valence-corrected chi connectivity index (χ0v) is 13.5. The van der Waals surface area contributed by atoms with Crippen molar-refractivity contribution in [2.24, 2.45) is 0 Å². The van der Waals surface area contributed by atoms with Gasteiger partial charge in [0.25, 0.3) is 5.91 Å². The maximum absolute atomic E-state index is 12.6. The topological polar surface area (TPSA) is 96.3 Å². The molecule has 1 saturated heterocycles. The van der Waals surface area contributed by atoms with Crippen LogP contribution in [-0.4, -0.2) is 59.9 Å². The summed E-state index contributed by atoms with van der Waals surface area (Å²) in [6.45, 7) is 2.19. The van der Waals surface area contributed by atoms with Crippen LogP contribution < -0.4 is 9.47 Å². The van der Waals surface area contributed by atoms with Crippen molar-refractivity contribution in [1.82, 2.24) is 4.90 Å². The fourth-order valence-electron chi connectivity index (χ4n) is 2.69. The number of amides is 1. The summed E-state index contributed by atoms with van der Waals surface area (Å²) >= 11 is 0. The zero-order valence-electron chi connectivity index (χ0n) is 13.5. The molecule has 1 aliphatic rings. The highest BCUT2D eigenvalue weighted by Crippen LogP contribution is 2.31. The lowest BCUT2D eigenvalue weighted by atomic mass is 9.91. The van der Waals surface area contributed by atoms with Crippen molar-refractivity contribution in [3.8, 4) is 11.5 Å². The van der Waals surface area contributed by atoms with E-state index < -0.39 is 11.6 Å². The summed E-state index contributed by atoms with van der Waals surface area (Å²) in [6, 6.07) is 3.27. The molecule has 1 aromatic rings. The first-order valence-corrected chi connectivity index (χ1v) is 7.30. The van der Waals surface area contributed by atoms with Crippen molar-refractivity contribution in [3.63, 3.8) is 0 Å². The van der Waals surface area contributed by atoms with E-state index in [9.17, 15) is 14.7 Å². The van der Waals surface area contributed by atoms with Gasteiger partial charge in [0.1, 0.15) is 11.5 Å². The number of ether oxygens (including phenoxy) is 2. The molecule has 7 heteroatoms. The van der Waals surface area contributed by atoms with Gasteiger partial charge in [0.05, 0.1) is 14.2 Å². The van der Waals surface area contributed by atoms with Crippen molar-refractivity contribution in [1.29, 1.82) is 0 Å². The van der Waals surface area contributed by atoms with Gasteiger partial charge >= 0.3 is 5.97 Å². The first-order chi connectivity index (χ1) is 10.8. The molecule has 0 unspecified atom stereocenters. The number of carbonyl (C=O) groups excluding carboxylic acids is 1. The van der Waals surface area contributed by atoms with Crippen LogP contribution in [0.25, 0.3) is 0 Å². The van der Waals surface area contributed by atoms with Crippen molar-refractivity contribution in [3.05, 3.63) is 23.3 Å². The number of methoxy groups -OCH3 is 2. The molecular weight excluding hydrogens is 302 g/mol. The number of benzene rings is 1. The number of carboxylic acid groups (broad SMARTS) is 1. The molecule has 0 aromatic heterocycles. The summed E-state index contributed by atoms with van der Waals surface area (Å²) in [4.78, 5) is 25.2. The van der Waals surface area contributed by atoms with Crippen molar-refractivity contribution in [2.45, 2.75) is 25.4 Å². The number of piperidine rings is 1. The van der Waals surface area contributed by atoms with Gasteiger partial charge in [-0.15, -0.1) is 0 Å². The van der Waals surface area contributed by atoms with Gasteiger partial charge in [0.15, 0.2) is 5.60 Å². The van der Waals surface area contributed by atoms with Crippen LogP contribution in [0.4, 0.5) is 0 Å². The third-order valence-electron chi connectivity index (χ3n) is 4.28. The average molecular weight is 323 g/mol. The molecule has 0 atom stereocenters. The van der Waals surface area contributed by atoms with Crippen LogP contribution >= 0.6 is 0 Å². The molecule has 1 aromatic carbocycles. The molecule has 0 saturated carbocycles. The summed E-state index contributed by atoms with van der Waals surface area (Å²) < 4.78 is 10.5. The van der Waals surface area contributed by atoms with Crippen LogP contribution in [0.1, 0.15) is 28.8 Å². The van der Waals surface area contributed by atoms with Gasteiger partial charge in [-0.1, -0.05) is 0 Å². The van der Waals surface area contributed by atoms with Crippen LogP contribution in [0.2, 0.25) is 0 Å². The van der Waals surface area contributed by atoms with Crippen molar-refractivity contribution in [2.75, 3.05) is 27.3 Å². The molecule has 2 rings (SSSR count). The number of nitrogens with zero attached hydrogens (tertiary/aromatic N) is 1. The number of hydrogen-bond donors (Lipinski definition) is 2. The predicted molar refractivity (Wildman–Crippen MR) is 82.0 cm³/mol. The maximum Gasteiger partial charge on any atom is 0.335 e. The van der Waals surface area contributed by atoms with E-state index in [1.807, 2.05) is 6.92 Å². The molecule has 23 heavy (non-hydrogen) atoms. The van der Waals surface area contributed by atoms with E-state index in [1.54, 1.807) is 12.1 Å². The van der Waals surface area contributed by atoms with Crippen LogP contribution in [-0.2, 0) is 4.79 Å². The molecule has 0 bridgehead atoms. The molecule has 1 fully saturated rings. The van der Waals surface area contributed by atoms with Crippen molar-refractivity contribution >= 4 is 11.9 Å². The maximum atomic E-state index is 12.6. The third-order valence-corrected chi connectivity index (χ3v) is 4.28. The van der Waals surface area contributed by atoms with E-state index in [0.29, 0.717) is 17.1 Å². The predicted octanol–water partition coefficient (Wildman–Crippen LogP) is 1.06. The molecular formula is C16H21NO6. The van der Waals surface area contributed by atoms with E-state index in [0.717, 1.165) is 5.56 Å². The first kappa shape index (κ1) is 17.1. The highest BCUT2D eigenvalue weighted by atomic mass is 16.5. The summed E-state index contributed by atoms with van der Waals surface area (Å²) in [6.07, 6.45) is 0.0163. The molecule has 1 amide bonds. The molecule has 0 spiro atoms. The van der Waals surface area contributed by atoms with Gasteiger partial charge in [-0.05, 0) is 19.1 Å². The molecule has 1 aliphatic heterocycles. The molecule has 0 aliphatic carbocycles. The normalized spacial score (nSPS) is 16.8. The van der Waals surface area contributed by atoms with Crippen molar-refractivity contribution < 1.29 is 29.3 Å². The van der Waals surface area contributed by atoms with E-state index in [-0.39, 0.29) is 31.8 Å². The fraction of sp³-hybridized carbons (Fsp3) is 0.500. The Kier molecular flexibility index (Phi) is 4.79. The number of rotatable bonds is 4. The number of carboxylic acids is 1. The highest BCUT2D eigenvalue weighted by molar-refractivity contribution is 5.95. The minimum Gasteiger partial charge on any atom is -0.496 e. The van der Waals surface area contributed by atoms with E-state index >= 15 is 0 Å². The summed E-state index contributed by atoms with van der Waals surface area (Å²) in [7, 11) is 3.04. The lowest BCUT2D eigenvalue weighted by molar-refractivity contribution is -0.162. The zero-order chi connectivity index (χ0) is 17.2. The summed E-state index contributed by atoms with van der Waals surface area (Å²) in [5.74, 6) is -0.393. The number of carbonyl (C=O) groups is 2. The second kappa shape index (κ2) is 6.45. The van der Waals surface area contributed by atoms with Gasteiger partial charge < -0.3 is 24.6 Å². The van der Waals surface area contributed by atoms with E-state index in [2.05, 4.69) is 0 Å². The van der Waals surface area contributed by atoms with E-state index in [4.69, 9.17) is 14.6 Å².